The number of ketones is 1. The van der Waals surface area contributed by atoms with Gasteiger partial charge in [0, 0.05) is 4.88 Å². The van der Waals surface area contributed by atoms with Crippen molar-refractivity contribution < 1.29 is 4.79 Å². The van der Waals surface area contributed by atoms with Crippen molar-refractivity contribution in [2.45, 2.75) is 13.3 Å². The molecule has 0 amide bonds. The summed E-state index contributed by atoms with van der Waals surface area (Å²) in [5, 5.41) is 0. The maximum atomic E-state index is 11.6. The summed E-state index contributed by atoms with van der Waals surface area (Å²) in [7, 11) is 3.82. The van der Waals surface area contributed by atoms with Gasteiger partial charge in [0.05, 0.1) is 11.4 Å². The van der Waals surface area contributed by atoms with Crippen molar-refractivity contribution in [1.29, 1.82) is 0 Å². The first kappa shape index (κ1) is 10.4. The summed E-state index contributed by atoms with van der Waals surface area (Å²) >= 11 is 1.61. The van der Waals surface area contributed by atoms with E-state index in [0.29, 0.717) is 6.54 Å². The largest absolute Gasteiger partial charge is 0.302 e. The molecular formula is C10H15NOS. The summed E-state index contributed by atoms with van der Waals surface area (Å²) in [6.45, 7) is 2.61. The second kappa shape index (κ2) is 4.53. The van der Waals surface area contributed by atoms with Crippen LogP contribution in [-0.4, -0.2) is 31.3 Å². The van der Waals surface area contributed by atoms with Crippen molar-refractivity contribution in [3.63, 3.8) is 0 Å². The molecule has 0 aromatic carbocycles. The Morgan fingerprint density at radius 1 is 1.46 bits per heavy atom. The zero-order valence-electron chi connectivity index (χ0n) is 8.33. The van der Waals surface area contributed by atoms with Crippen LogP contribution in [0.15, 0.2) is 12.1 Å². The second-order valence-electron chi connectivity index (χ2n) is 3.28. The molecule has 3 heteroatoms. The SMILES string of the molecule is CCc1ccc(C(=O)CN(C)C)s1. The molecule has 0 N–H and O–H groups in total. The molecule has 1 rings (SSSR count). The van der Waals surface area contributed by atoms with Crippen molar-refractivity contribution in [2.75, 3.05) is 20.6 Å². The third kappa shape index (κ3) is 2.94. The molecule has 1 aromatic rings. The molecule has 0 atom stereocenters. The highest BCUT2D eigenvalue weighted by Gasteiger charge is 2.09. The number of aryl methyl sites for hydroxylation is 1. The third-order valence-electron chi connectivity index (χ3n) is 1.74. The number of likely N-dealkylation sites (N-methyl/N-ethyl adjacent to an activating group) is 1. The first-order valence-electron chi connectivity index (χ1n) is 4.40. The van der Waals surface area contributed by atoms with Crippen LogP contribution in [0.25, 0.3) is 0 Å². The molecule has 13 heavy (non-hydrogen) atoms. The number of Topliss-reactive ketones (excluding diaryl/α,β-unsaturated/α-hetero) is 1. The van der Waals surface area contributed by atoms with Crippen LogP contribution in [0.3, 0.4) is 0 Å². The molecule has 0 fully saturated rings. The Hall–Kier alpha value is -0.670. The van der Waals surface area contributed by atoms with Gasteiger partial charge in [-0.05, 0) is 32.6 Å². The molecule has 0 saturated heterocycles. The van der Waals surface area contributed by atoms with E-state index < -0.39 is 0 Å². The Balaban J connectivity index is 2.66. The van der Waals surface area contributed by atoms with Crippen molar-refractivity contribution in [2.24, 2.45) is 0 Å². The molecule has 1 aromatic heterocycles. The summed E-state index contributed by atoms with van der Waals surface area (Å²) < 4.78 is 0. The molecular weight excluding hydrogens is 182 g/mol. The van der Waals surface area contributed by atoms with Crippen LogP contribution in [0.2, 0.25) is 0 Å². The maximum absolute atomic E-state index is 11.6. The fraction of sp³-hybridized carbons (Fsp3) is 0.500. The molecule has 0 bridgehead atoms. The van der Waals surface area contributed by atoms with E-state index in [-0.39, 0.29) is 5.78 Å². The molecule has 0 spiro atoms. The Morgan fingerprint density at radius 2 is 2.15 bits per heavy atom. The number of nitrogens with zero attached hydrogens (tertiary/aromatic N) is 1. The highest BCUT2D eigenvalue weighted by Crippen LogP contribution is 2.17. The van der Waals surface area contributed by atoms with Gasteiger partial charge in [0.2, 0.25) is 0 Å². The highest BCUT2D eigenvalue weighted by atomic mass is 32.1. The highest BCUT2D eigenvalue weighted by molar-refractivity contribution is 7.14. The molecule has 2 nitrogen and oxygen atoms in total. The van der Waals surface area contributed by atoms with Gasteiger partial charge in [0.15, 0.2) is 5.78 Å². The molecule has 0 saturated carbocycles. The van der Waals surface area contributed by atoms with Crippen LogP contribution in [0.4, 0.5) is 0 Å². The predicted molar refractivity (Wildman–Crippen MR) is 56.6 cm³/mol. The number of hydrogen-bond acceptors (Lipinski definition) is 3. The van der Waals surface area contributed by atoms with E-state index in [0.717, 1.165) is 11.3 Å². The van der Waals surface area contributed by atoms with Crippen LogP contribution in [0.5, 0.6) is 0 Å². The van der Waals surface area contributed by atoms with Gasteiger partial charge in [-0.3, -0.25) is 4.79 Å². The van der Waals surface area contributed by atoms with E-state index >= 15 is 0 Å². The number of hydrogen-bond donors (Lipinski definition) is 0. The van der Waals surface area contributed by atoms with Crippen LogP contribution >= 0.6 is 11.3 Å². The smallest absolute Gasteiger partial charge is 0.186 e. The Labute approximate surface area is 83.2 Å². The summed E-state index contributed by atoms with van der Waals surface area (Å²) in [5.74, 6) is 0.217. The molecule has 72 valence electrons. The van der Waals surface area contributed by atoms with Gasteiger partial charge in [-0.15, -0.1) is 11.3 Å². The number of carbonyl (C=O) groups is 1. The number of thiophene rings is 1. The van der Waals surface area contributed by atoms with Crippen molar-refractivity contribution in [1.82, 2.24) is 4.90 Å². The number of rotatable bonds is 4. The van der Waals surface area contributed by atoms with Gasteiger partial charge in [0.25, 0.3) is 0 Å². The lowest BCUT2D eigenvalue weighted by molar-refractivity contribution is 0.0962. The fourth-order valence-corrected chi connectivity index (χ4v) is 1.96. The Bertz CT molecular complexity index is 291. The predicted octanol–water partition coefficient (Wildman–Crippen LogP) is 2.05. The normalized spacial score (nSPS) is 10.8. The van der Waals surface area contributed by atoms with Gasteiger partial charge < -0.3 is 4.90 Å². The molecule has 0 aliphatic rings. The van der Waals surface area contributed by atoms with Crippen molar-refractivity contribution >= 4 is 17.1 Å². The zero-order valence-corrected chi connectivity index (χ0v) is 9.15. The van der Waals surface area contributed by atoms with E-state index in [1.165, 1.54) is 4.88 Å². The fourth-order valence-electron chi connectivity index (χ4n) is 1.08. The van der Waals surface area contributed by atoms with Crippen LogP contribution in [0, 0.1) is 0 Å². The van der Waals surface area contributed by atoms with Crippen molar-refractivity contribution in [3.8, 4) is 0 Å². The van der Waals surface area contributed by atoms with Gasteiger partial charge in [-0.25, -0.2) is 0 Å². The summed E-state index contributed by atoms with van der Waals surface area (Å²) in [5.41, 5.74) is 0. The quantitative estimate of drug-likeness (QED) is 0.689. The molecule has 1 heterocycles. The lowest BCUT2D eigenvalue weighted by Gasteiger charge is -2.05. The average Bonchev–Trinajstić information content (AvgIpc) is 2.50. The first-order valence-corrected chi connectivity index (χ1v) is 5.21. The first-order chi connectivity index (χ1) is 6.13. The monoisotopic (exact) mass is 197 g/mol. The van der Waals surface area contributed by atoms with E-state index in [9.17, 15) is 4.79 Å². The van der Waals surface area contributed by atoms with Gasteiger partial charge >= 0.3 is 0 Å². The lowest BCUT2D eigenvalue weighted by Crippen LogP contribution is -2.20. The summed E-state index contributed by atoms with van der Waals surface area (Å²) in [6, 6.07) is 3.96. The third-order valence-corrected chi connectivity index (χ3v) is 3.02. The average molecular weight is 197 g/mol. The van der Waals surface area contributed by atoms with Crippen LogP contribution in [-0.2, 0) is 6.42 Å². The second-order valence-corrected chi connectivity index (χ2v) is 4.45. The minimum absolute atomic E-state index is 0.217. The lowest BCUT2D eigenvalue weighted by atomic mass is 10.3. The standard InChI is InChI=1S/C10H15NOS/c1-4-8-5-6-10(13-8)9(12)7-11(2)3/h5-6H,4,7H2,1-3H3. The van der Waals surface area contributed by atoms with Crippen LogP contribution in [0.1, 0.15) is 21.5 Å². The number of carbonyl (C=O) groups excluding carboxylic acids is 1. The molecule has 0 radical (unpaired) electrons. The molecule has 0 aliphatic carbocycles. The molecule has 0 aliphatic heterocycles. The van der Waals surface area contributed by atoms with Gasteiger partial charge in [-0.1, -0.05) is 6.92 Å². The summed E-state index contributed by atoms with van der Waals surface area (Å²) in [4.78, 5) is 15.6. The van der Waals surface area contributed by atoms with Gasteiger partial charge in [-0.2, -0.15) is 0 Å². The Kier molecular flexibility index (Phi) is 3.63. The van der Waals surface area contributed by atoms with E-state index in [2.05, 4.69) is 6.92 Å². The van der Waals surface area contributed by atoms with Gasteiger partial charge in [0.1, 0.15) is 0 Å². The molecule has 0 unspecified atom stereocenters. The minimum Gasteiger partial charge on any atom is -0.302 e. The van der Waals surface area contributed by atoms with E-state index in [4.69, 9.17) is 0 Å². The van der Waals surface area contributed by atoms with Crippen LogP contribution < -0.4 is 0 Å². The van der Waals surface area contributed by atoms with Crippen molar-refractivity contribution in [3.05, 3.63) is 21.9 Å². The zero-order chi connectivity index (χ0) is 9.84. The van der Waals surface area contributed by atoms with E-state index in [1.54, 1.807) is 11.3 Å². The van der Waals surface area contributed by atoms with E-state index in [1.807, 2.05) is 31.1 Å². The topological polar surface area (TPSA) is 20.3 Å². The summed E-state index contributed by atoms with van der Waals surface area (Å²) in [6.07, 6.45) is 1.01. The Morgan fingerprint density at radius 3 is 2.62 bits per heavy atom. The maximum Gasteiger partial charge on any atom is 0.186 e. The minimum atomic E-state index is 0.217.